The Morgan fingerprint density at radius 2 is 2.00 bits per heavy atom. The van der Waals surface area contributed by atoms with Crippen molar-refractivity contribution >= 4 is 5.91 Å². The van der Waals surface area contributed by atoms with Gasteiger partial charge in [-0.05, 0) is 24.8 Å². The second-order valence-electron chi connectivity index (χ2n) is 5.10. The molecule has 1 N–H and O–H groups in total. The number of hydrogen-bond donors (Lipinski definition) is 1. The molecule has 0 spiro atoms. The van der Waals surface area contributed by atoms with Crippen LogP contribution in [0.3, 0.4) is 0 Å². The van der Waals surface area contributed by atoms with Gasteiger partial charge in [-0.3, -0.25) is 4.79 Å². The van der Waals surface area contributed by atoms with E-state index in [9.17, 15) is 9.90 Å². The van der Waals surface area contributed by atoms with Crippen LogP contribution in [0.25, 0.3) is 0 Å². The van der Waals surface area contributed by atoms with E-state index in [0.29, 0.717) is 13.0 Å². The number of hydrogen-bond acceptors (Lipinski definition) is 2. The summed E-state index contributed by atoms with van der Waals surface area (Å²) in [7, 11) is 0. The fourth-order valence-electron chi connectivity index (χ4n) is 3.09. The second-order valence-corrected chi connectivity index (χ2v) is 5.10. The summed E-state index contributed by atoms with van der Waals surface area (Å²) < 4.78 is 0. The number of rotatable bonds is 2. The van der Waals surface area contributed by atoms with Crippen LogP contribution < -0.4 is 0 Å². The van der Waals surface area contributed by atoms with Gasteiger partial charge in [0.1, 0.15) is 0 Å². The number of carbonyl (C=O) groups is 1. The van der Waals surface area contributed by atoms with Crippen LogP contribution >= 0.6 is 0 Å². The highest BCUT2D eigenvalue weighted by atomic mass is 16.3. The number of amides is 1. The van der Waals surface area contributed by atoms with Crippen molar-refractivity contribution in [3.63, 3.8) is 0 Å². The molecule has 90 valence electrons. The van der Waals surface area contributed by atoms with Gasteiger partial charge in [-0.1, -0.05) is 30.3 Å². The highest BCUT2D eigenvalue weighted by molar-refractivity contribution is 5.81. The summed E-state index contributed by atoms with van der Waals surface area (Å²) in [6.07, 6.45) is 2.24. The third-order valence-corrected chi connectivity index (χ3v) is 4.01. The van der Waals surface area contributed by atoms with Crippen LogP contribution in [-0.2, 0) is 11.3 Å². The molecule has 1 aromatic carbocycles. The minimum absolute atomic E-state index is 0.0349. The van der Waals surface area contributed by atoms with Crippen molar-refractivity contribution in [2.75, 3.05) is 0 Å². The summed E-state index contributed by atoms with van der Waals surface area (Å²) in [4.78, 5) is 14.0. The predicted molar refractivity (Wildman–Crippen MR) is 64.1 cm³/mol. The molecule has 1 aliphatic carbocycles. The largest absolute Gasteiger partial charge is 0.391 e. The number of benzene rings is 1. The Morgan fingerprint density at radius 3 is 2.71 bits per heavy atom. The Hall–Kier alpha value is -1.35. The van der Waals surface area contributed by atoms with Crippen LogP contribution in [0.1, 0.15) is 24.8 Å². The number of carbonyl (C=O) groups excluding carboxylic acids is 1. The molecule has 3 heteroatoms. The van der Waals surface area contributed by atoms with E-state index in [4.69, 9.17) is 0 Å². The molecule has 3 aliphatic rings. The fourth-order valence-corrected chi connectivity index (χ4v) is 3.09. The monoisotopic (exact) mass is 231 g/mol. The van der Waals surface area contributed by atoms with Crippen LogP contribution in [-0.4, -0.2) is 28.1 Å². The molecule has 1 aromatic rings. The highest BCUT2D eigenvalue weighted by Gasteiger charge is 2.45. The summed E-state index contributed by atoms with van der Waals surface area (Å²) >= 11 is 0. The Balaban J connectivity index is 1.81. The first-order valence-electron chi connectivity index (χ1n) is 6.28. The van der Waals surface area contributed by atoms with E-state index in [1.165, 1.54) is 0 Å². The van der Waals surface area contributed by atoms with E-state index in [1.54, 1.807) is 0 Å². The van der Waals surface area contributed by atoms with Gasteiger partial charge in [0.25, 0.3) is 0 Å². The molecule has 2 aliphatic heterocycles. The number of aliphatic hydroxyl groups excluding tert-OH is 1. The molecule has 2 unspecified atom stereocenters. The molecule has 1 amide bonds. The quantitative estimate of drug-likeness (QED) is 0.839. The first kappa shape index (κ1) is 10.8. The van der Waals surface area contributed by atoms with Crippen LogP contribution in [0.4, 0.5) is 0 Å². The molecular weight excluding hydrogens is 214 g/mol. The highest BCUT2D eigenvalue weighted by Crippen LogP contribution is 2.36. The molecular formula is C14H17NO2. The Kier molecular flexibility index (Phi) is 2.63. The summed E-state index contributed by atoms with van der Waals surface area (Å²) in [5.41, 5.74) is 1.14. The van der Waals surface area contributed by atoms with Gasteiger partial charge in [0, 0.05) is 12.5 Å². The van der Waals surface area contributed by atoms with Gasteiger partial charge in [-0.25, -0.2) is 0 Å². The normalized spacial score (nSPS) is 31.9. The second kappa shape index (κ2) is 4.15. The van der Waals surface area contributed by atoms with Crippen molar-refractivity contribution in [3.8, 4) is 0 Å². The number of piperidine rings is 2. The van der Waals surface area contributed by atoms with Gasteiger partial charge < -0.3 is 10.0 Å². The third-order valence-electron chi connectivity index (χ3n) is 4.01. The molecule has 2 bridgehead atoms. The SMILES string of the molecule is O=C1C2CC[C@H](C(O)C2)N1Cc1ccccc1. The van der Waals surface area contributed by atoms with Crippen molar-refractivity contribution in [1.29, 1.82) is 0 Å². The zero-order valence-corrected chi connectivity index (χ0v) is 9.75. The van der Waals surface area contributed by atoms with Gasteiger partial charge >= 0.3 is 0 Å². The summed E-state index contributed by atoms with van der Waals surface area (Å²) in [5.74, 6) is 0.286. The van der Waals surface area contributed by atoms with E-state index in [2.05, 4.69) is 0 Å². The van der Waals surface area contributed by atoms with E-state index >= 15 is 0 Å². The predicted octanol–water partition coefficient (Wildman–Crippen LogP) is 1.56. The standard InChI is InChI=1S/C14H17NO2/c16-13-8-11-6-7-12(13)15(14(11)17)9-10-4-2-1-3-5-10/h1-5,11-13,16H,6-9H2/t11?,12-,13?/m1/s1. The lowest BCUT2D eigenvalue weighted by Gasteiger charge is -2.47. The Labute approximate surface area is 101 Å². The van der Waals surface area contributed by atoms with E-state index < -0.39 is 0 Å². The number of nitrogens with zero attached hydrogens (tertiary/aromatic N) is 1. The number of aliphatic hydroxyl groups is 1. The maximum Gasteiger partial charge on any atom is 0.226 e. The van der Waals surface area contributed by atoms with E-state index in [-0.39, 0.29) is 24.0 Å². The molecule has 3 atom stereocenters. The smallest absolute Gasteiger partial charge is 0.226 e. The minimum Gasteiger partial charge on any atom is -0.391 e. The van der Waals surface area contributed by atoms with Crippen molar-refractivity contribution < 1.29 is 9.90 Å². The van der Waals surface area contributed by atoms with Crippen molar-refractivity contribution in [3.05, 3.63) is 35.9 Å². The van der Waals surface area contributed by atoms with Crippen molar-refractivity contribution in [2.45, 2.75) is 38.0 Å². The average molecular weight is 231 g/mol. The lowest BCUT2D eigenvalue weighted by molar-refractivity contribution is -0.157. The maximum atomic E-state index is 12.2. The lowest BCUT2D eigenvalue weighted by atomic mass is 9.77. The van der Waals surface area contributed by atoms with Gasteiger partial charge in [0.15, 0.2) is 0 Å². The zero-order valence-electron chi connectivity index (χ0n) is 9.75. The maximum absolute atomic E-state index is 12.2. The van der Waals surface area contributed by atoms with E-state index in [1.807, 2.05) is 35.2 Å². The van der Waals surface area contributed by atoms with Crippen LogP contribution in [0, 0.1) is 5.92 Å². The van der Waals surface area contributed by atoms with Gasteiger partial charge in [-0.2, -0.15) is 0 Å². The third kappa shape index (κ3) is 1.84. The molecule has 4 rings (SSSR count). The fraction of sp³-hybridized carbons (Fsp3) is 0.500. The molecule has 0 radical (unpaired) electrons. The first-order valence-corrected chi connectivity index (χ1v) is 6.28. The molecule has 0 aromatic heterocycles. The Bertz CT molecular complexity index is 417. The van der Waals surface area contributed by atoms with Crippen molar-refractivity contribution in [2.24, 2.45) is 5.92 Å². The summed E-state index contributed by atoms with van der Waals surface area (Å²) in [6, 6.07) is 10.0. The molecule has 1 saturated carbocycles. The molecule has 17 heavy (non-hydrogen) atoms. The van der Waals surface area contributed by atoms with Crippen LogP contribution in [0.5, 0.6) is 0 Å². The molecule has 3 fully saturated rings. The topological polar surface area (TPSA) is 40.5 Å². The average Bonchev–Trinajstić information content (AvgIpc) is 2.35. The van der Waals surface area contributed by atoms with Gasteiger partial charge in [0.05, 0.1) is 12.1 Å². The summed E-state index contributed by atoms with van der Waals surface area (Å²) in [5, 5.41) is 9.97. The lowest BCUT2D eigenvalue weighted by Crippen LogP contribution is -2.58. The number of fused-ring (bicyclic) bond motifs is 3. The Morgan fingerprint density at radius 1 is 1.24 bits per heavy atom. The van der Waals surface area contributed by atoms with Crippen LogP contribution in [0.15, 0.2) is 30.3 Å². The first-order chi connectivity index (χ1) is 8.25. The van der Waals surface area contributed by atoms with Crippen molar-refractivity contribution in [1.82, 2.24) is 4.90 Å². The minimum atomic E-state index is -0.324. The van der Waals surface area contributed by atoms with E-state index in [0.717, 1.165) is 18.4 Å². The van der Waals surface area contributed by atoms with Crippen LogP contribution in [0.2, 0.25) is 0 Å². The zero-order chi connectivity index (χ0) is 11.8. The molecule has 2 saturated heterocycles. The molecule has 2 heterocycles. The van der Waals surface area contributed by atoms with Gasteiger partial charge in [-0.15, -0.1) is 0 Å². The molecule has 3 nitrogen and oxygen atoms in total. The summed E-state index contributed by atoms with van der Waals surface area (Å²) in [6.45, 7) is 0.637. The van der Waals surface area contributed by atoms with Gasteiger partial charge in [0.2, 0.25) is 5.91 Å².